The van der Waals surface area contributed by atoms with Gasteiger partial charge >= 0.3 is 0 Å². The second-order valence-corrected chi connectivity index (χ2v) is 4.86. The first kappa shape index (κ1) is 14.5. The van der Waals surface area contributed by atoms with Crippen molar-refractivity contribution < 1.29 is 13.9 Å². The van der Waals surface area contributed by atoms with Crippen LogP contribution in [0, 0.1) is 5.92 Å². The van der Waals surface area contributed by atoms with Crippen LogP contribution in [0.25, 0.3) is 11.1 Å². The molecule has 0 saturated carbocycles. The Bertz CT molecular complexity index is 607. The van der Waals surface area contributed by atoms with Gasteiger partial charge in [-0.3, -0.25) is 4.79 Å². The second kappa shape index (κ2) is 6.02. The third kappa shape index (κ3) is 3.15. The van der Waals surface area contributed by atoms with E-state index in [9.17, 15) is 4.79 Å². The van der Waals surface area contributed by atoms with Crippen molar-refractivity contribution in [3.63, 3.8) is 0 Å². The fourth-order valence-electron chi connectivity index (χ4n) is 1.73. The summed E-state index contributed by atoms with van der Waals surface area (Å²) in [5.41, 5.74) is 7.73. The van der Waals surface area contributed by atoms with Gasteiger partial charge in [-0.1, -0.05) is 6.92 Å². The van der Waals surface area contributed by atoms with Crippen LogP contribution < -0.4 is 11.1 Å². The SMILES string of the molecule is COCc1nc2cc(NC(=O)C(C)C(C)N)ccc2o1. The second-order valence-electron chi connectivity index (χ2n) is 4.86. The van der Waals surface area contributed by atoms with E-state index < -0.39 is 0 Å². The summed E-state index contributed by atoms with van der Waals surface area (Å²) in [6.45, 7) is 3.92. The van der Waals surface area contributed by atoms with Crippen molar-refractivity contribution in [1.29, 1.82) is 0 Å². The van der Waals surface area contributed by atoms with Gasteiger partial charge in [0.25, 0.3) is 0 Å². The Kier molecular flexibility index (Phi) is 4.36. The summed E-state index contributed by atoms with van der Waals surface area (Å²) in [4.78, 5) is 16.2. The largest absolute Gasteiger partial charge is 0.438 e. The number of aromatic nitrogens is 1. The van der Waals surface area contributed by atoms with Crippen molar-refractivity contribution in [2.24, 2.45) is 11.7 Å². The number of nitrogens with one attached hydrogen (secondary N) is 1. The van der Waals surface area contributed by atoms with Gasteiger partial charge in [0.15, 0.2) is 5.58 Å². The van der Waals surface area contributed by atoms with E-state index in [0.29, 0.717) is 29.3 Å². The summed E-state index contributed by atoms with van der Waals surface area (Å²) in [5, 5.41) is 2.82. The maximum atomic E-state index is 11.9. The maximum Gasteiger partial charge on any atom is 0.228 e. The normalized spacial score (nSPS) is 14.2. The number of benzene rings is 1. The smallest absolute Gasteiger partial charge is 0.228 e. The van der Waals surface area contributed by atoms with Crippen molar-refractivity contribution >= 4 is 22.7 Å². The van der Waals surface area contributed by atoms with Crippen LogP contribution in [0.5, 0.6) is 0 Å². The molecule has 108 valence electrons. The number of nitrogens with two attached hydrogens (primary N) is 1. The van der Waals surface area contributed by atoms with Gasteiger partial charge in [0.2, 0.25) is 11.8 Å². The molecule has 1 aromatic carbocycles. The van der Waals surface area contributed by atoms with Crippen LogP contribution in [-0.2, 0) is 16.1 Å². The predicted molar refractivity (Wildman–Crippen MR) is 76.2 cm³/mol. The molecule has 1 heterocycles. The monoisotopic (exact) mass is 277 g/mol. The predicted octanol–water partition coefficient (Wildman–Crippen LogP) is 1.90. The van der Waals surface area contributed by atoms with Crippen molar-refractivity contribution in [3.8, 4) is 0 Å². The Morgan fingerprint density at radius 2 is 2.25 bits per heavy atom. The lowest BCUT2D eigenvalue weighted by Gasteiger charge is -2.15. The van der Waals surface area contributed by atoms with E-state index in [0.717, 1.165) is 0 Å². The number of anilines is 1. The Labute approximate surface area is 117 Å². The first-order chi connectivity index (χ1) is 9.51. The summed E-state index contributed by atoms with van der Waals surface area (Å²) >= 11 is 0. The number of oxazole rings is 1. The van der Waals surface area contributed by atoms with E-state index in [2.05, 4.69) is 10.3 Å². The van der Waals surface area contributed by atoms with Crippen molar-refractivity contribution in [2.75, 3.05) is 12.4 Å². The van der Waals surface area contributed by atoms with Gasteiger partial charge in [0, 0.05) is 18.8 Å². The highest BCUT2D eigenvalue weighted by molar-refractivity contribution is 5.94. The highest BCUT2D eigenvalue weighted by Gasteiger charge is 2.17. The summed E-state index contributed by atoms with van der Waals surface area (Å²) < 4.78 is 10.5. The van der Waals surface area contributed by atoms with Crippen LogP contribution in [0.2, 0.25) is 0 Å². The molecule has 0 aliphatic carbocycles. The van der Waals surface area contributed by atoms with Crippen LogP contribution in [0.15, 0.2) is 22.6 Å². The fourth-order valence-corrected chi connectivity index (χ4v) is 1.73. The zero-order valence-corrected chi connectivity index (χ0v) is 11.8. The van der Waals surface area contributed by atoms with Gasteiger partial charge in [-0.15, -0.1) is 0 Å². The zero-order valence-electron chi connectivity index (χ0n) is 11.8. The van der Waals surface area contributed by atoms with Gasteiger partial charge < -0.3 is 20.2 Å². The van der Waals surface area contributed by atoms with Crippen molar-refractivity contribution in [3.05, 3.63) is 24.1 Å². The highest BCUT2D eigenvalue weighted by atomic mass is 16.5. The van der Waals surface area contributed by atoms with E-state index in [-0.39, 0.29) is 17.9 Å². The molecule has 0 saturated heterocycles. The number of hydrogen-bond acceptors (Lipinski definition) is 5. The summed E-state index contributed by atoms with van der Waals surface area (Å²) in [6.07, 6.45) is 0. The van der Waals surface area contributed by atoms with Crippen LogP contribution in [-0.4, -0.2) is 24.0 Å². The first-order valence-electron chi connectivity index (χ1n) is 6.46. The average Bonchev–Trinajstić information content (AvgIpc) is 2.79. The number of carbonyl (C=O) groups is 1. The molecule has 0 aliphatic heterocycles. The number of nitrogens with zero attached hydrogens (tertiary/aromatic N) is 1. The van der Waals surface area contributed by atoms with Crippen LogP contribution in [0.3, 0.4) is 0 Å². The third-order valence-electron chi connectivity index (χ3n) is 3.17. The number of ether oxygens (including phenoxy) is 1. The van der Waals surface area contributed by atoms with Gasteiger partial charge in [0.05, 0.1) is 5.92 Å². The summed E-state index contributed by atoms with van der Waals surface area (Å²) in [6, 6.07) is 5.12. The number of hydrogen-bond donors (Lipinski definition) is 2. The Morgan fingerprint density at radius 1 is 1.50 bits per heavy atom. The van der Waals surface area contributed by atoms with E-state index in [4.69, 9.17) is 14.9 Å². The minimum absolute atomic E-state index is 0.111. The molecule has 6 heteroatoms. The van der Waals surface area contributed by atoms with Crippen molar-refractivity contribution in [2.45, 2.75) is 26.5 Å². The van der Waals surface area contributed by atoms with E-state index in [1.54, 1.807) is 32.2 Å². The van der Waals surface area contributed by atoms with E-state index in [1.165, 1.54) is 0 Å². The Hall–Kier alpha value is -1.92. The number of carbonyl (C=O) groups excluding carboxylic acids is 1. The molecule has 6 nitrogen and oxygen atoms in total. The molecule has 2 rings (SSSR count). The van der Waals surface area contributed by atoms with Gasteiger partial charge in [0.1, 0.15) is 12.1 Å². The lowest BCUT2D eigenvalue weighted by molar-refractivity contribution is -0.119. The minimum atomic E-state index is -0.257. The molecular weight excluding hydrogens is 258 g/mol. The number of fused-ring (bicyclic) bond motifs is 1. The molecule has 0 radical (unpaired) electrons. The molecule has 1 amide bonds. The highest BCUT2D eigenvalue weighted by Crippen LogP contribution is 2.21. The first-order valence-corrected chi connectivity index (χ1v) is 6.46. The molecule has 3 N–H and O–H groups in total. The topological polar surface area (TPSA) is 90.4 Å². The van der Waals surface area contributed by atoms with Gasteiger partial charge in [-0.25, -0.2) is 4.98 Å². The zero-order chi connectivity index (χ0) is 14.7. The molecule has 0 fully saturated rings. The molecule has 1 aromatic heterocycles. The Balaban J connectivity index is 2.17. The number of rotatable bonds is 5. The number of amides is 1. The molecule has 0 spiro atoms. The lowest BCUT2D eigenvalue weighted by atomic mass is 10.0. The average molecular weight is 277 g/mol. The summed E-state index contributed by atoms with van der Waals surface area (Å²) in [7, 11) is 1.58. The molecule has 2 unspecified atom stereocenters. The third-order valence-corrected chi connectivity index (χ3v) is 3.17. The maximum absolute atomic E-state index is 11.9. The molecule has 0 bridgehead atoms. The molecular formula is C14H19N3O3. The molecule has 2 aromatic rings. The summed E-state index contributed by atoms with van der Waals surface area (Å²) in [5.74, 6) is 0.141. The standard InChI is InChI=1S/C14H19N3O3/c1-8(9(2)15)14(18)16-10-4-5-12-11(6-10)17-13(20-12)7-19-3/h4-6,8-9H,7,15H2,1-3H3,(H,16,18). The van der Waals surface area contributed by atoms with Gasteiger partial charge in [-0.05, 0) is 25.1 Å². The Morgan fingerprint density at radius 3 is 2.90 bits per heavy atom. The van der Waals surface area contributed by atoms with Crippen LogP contribution in [0.4, 0.5) is 5.69 Å². The van der Waals surface area contributed by atoms with Crippen LogP contribution in [0.1, 0.15) is 19.7 Å². The van der Waals surface area contributed by atoms with Crippen molar-refractivity contribution in [1.82, 2.24) is 4.98 Å². The lowest BCUT2D eigenvalue weighted by Crippen LogP contribution is -2.34. The van der Waals surface area contributed by atoms with E-state index in [1.807, 2.05) is 6.92 Å². The van der Waals surface area contributed by atoms with Gasteiger partial charge in [-0.2, -0.15) is 0 Å². The van der Waals surface area contributed by atoms with Crippen LogP contribution >= 0.6 is 0 Å². The fraction of sp³-hybridized carbons (Fsp3) is 0.429. The molecule has 20 heavy (non-hydrogen) atoms. The molecule has 0 aliphatic rings. The molecule has 2 atom stereocenters. The van der Waals surface area contributed by atoms with E-state index >= 15 is 0 Å². The number of methoxy groups -OCH3 is 1. The quantitative estimate of drug-likeness (QED) is 0.871. The minimum Gasteiger partial charge on any atom is -0.438 e.